The molecule has 0 amide bonds. The average Bonchev–Trinajstić information content (AvgIpc) is 3.39. The van der Waals surface area contributed by atoms with Gasteiger partial charge in [0, 0.05) is 5.56 Å². The molecule has 0 aliphatic heterocycles. The van der Waals surface area contributed by atoms with Gasteiger partial charge >= 0.3 is 5.63 Å². The van der Waals surface area contributed by atoms with Gasteiger partial charge in [0.2, 0.25) is 5.43 Å². The van der Waals surface area contributed by atoms with Gasteiger partial charge in [-0.1, -0.05) is 53.8 Å². The highest BCUT2D eigenvalue weighted by atomic mass is 32.1. The van der Waals surface area contributed by atoms with Crippen LogP contribution in [0.1, 0.15) is 0 Å². The second kappa shape index (κ2) is 8.34. The Labute approximate surface area is 201 Å². The van der Waals surface area contributed by atoms with Gasteiger partial charge in [0.25, 0.3) is 0 Å². The summed E-state index contributed by atoms with van der Waals surface area (Å²) in [5.41, 5.74) is 2.23. The number of rotatable bonds is 4. The van der Waals surface area contributed by atoms with E-state index >= 15 is 0 Å². The predicted octanol–water partition coefficient (Wildman–Crippen LogP) is 5.76. The molecule has 0 saturated carbocycles. The first kappa shape index (κ1) is 21.0. The van der Waals surface area contributed by atoms with Crippen LogP contribution in [0.25, 0.3) is 54.2 Å². The summed E-state index contributed by atoms with van der Waals surface area (Å²) in [5, 5.41) is 10.4. The van der Waals surface area contributed by atoms with Crippen molar-refractivity contribution in [3.05, 3.63) is 99.7 Å². The third-order valence-electron chi connectivity index (χ3n) is 5.73. The van der Waals surface area contributed by atoms with E-state index in [9.17, 15) is 9.59 Å². The van der Waals surface area contributed by atoms with Crippen LogP contribution in [-0.2, 0) is 0 Å². The highest BCUT2D eigenvalue weighted by Gasteiger charge is 2.18. The van der Waals surface area contributed by atoms with Crippen molar-refractivity contribution in [1.29, 1.82) is 0 Å². The second-order valence-electron chi connectivity index (χ2n) is 7.79. The van der Waals surface area contributed by atoms with Crippen LogP contribution >= 0.6 is 11.3 Å². The summed E-state index contributed by atoms with van der Waals surface area (Å²) in [5.74, 6) is 0.694. The Morgan fingerprint density at radius 1 is 0.800 bits per heavy atom. The molecule has 0 bridgehead atoms. The Morgan fingerprint density at radius 2 is 1.57 bits per heavy atom. The Balaban J connectivity index is 1.50. The quantitative estimate of drug-likeness (QED) is 0.234. The molecular weight excluding hydrogens is 464 g/mol. The van der Waals surface area contributed by atoms with Gasteiger partial charge in [0.1, 0.15) is 28.2 Å². The molecule has 170 valence electrons. The minimum absolute atomic E-state index is 0.187. The highest BCUT2D eigenvalue weighted by molar-refractivity contribution is 7.17. The summed E-state index contributed by atoms with van der Waals surface area (Å²) in [7, 11) is 1.58. The van der Waals surface area contributed by atoms with Crippen LogP contribution in [-0.4, -0.2) is 17.3 Å². The van der Waals surface area contributed by atoms with Crippen LogP contribution in [0.2, 0.25) is 0 Å². The number of methoxy groups -OCH3 is 1. The normalized spacial score (nSPS) is 11.2. The minimum atomic E-state index is -0.537. The molecule has 8 heteroatoms. The molecule has 3 aromatic heterocycles. The van der Waals surface area contributed by atoms with Gasteiger partial charge in [-0.05, 0) is 35.9 Å². The van der Waals surface area contributed by atoms with Crippen molar-refractivity contribution in [3.8, 4) is 38.0 Å². The number of ether oxygens (including phenoxy) is 1. The molecule has 0 spiro atoms. The summed E-state index contributed by atoms with van der Waals surface area (Å²) in [4.78, 5) is 26.0. The second-order valence-corrected chi connectivity index (χ2v) is 8.76. The highest BCUT2D eigenvalue weighted by Crippen LogP contribution is 2.32. The third-order valence-corrected chi connectivity index (χ3v) is 6.73. The van der Waals surface area contributed by atoms with E-state index in [1.54, 1.807) is 49.6 Å². The maximum atomic E-state index is 13.3. The van der Waals surface area contributed by atoms with Crippen molar-refractivity contribution in [3.63, 3.8) is 0 Å². The lowest BCUT2D eigenvalue weighted by Crippen LogP contribution is -2.06. The molecule has 0 N–H and O–H groups in total. The molecule has 6 aromatic rings. The molecule has 0 saturated heterocycles. The fraction of sp³-hybridized carbons (Fsp3) is 0.0370. The summed E-state index contributed by atoms with van der Waals surface area (Å²) < 4.78 is 16.7. The SMILES string of the molecule is COc1ccc(-c2coc3c(ccc4oc(=O)c(-c5nnc(-c6ccccc6)s5)cc43)c2=O)cc1. The van der Waals surface area contributed by atoms with Gasteiger partial charge in [0.05, 0.1) is 29.0 Å². The van der Waals surface area contributed by atoms with E-state index in [0.29, 0.717) is 48.8 Å². The molecule has 0 atom stereocenters. The van der Waals surface area contributed by atoms with Crippen molar-refractivity contribution in [2.24, 2.45) is 0 Å². The summed E-state index contributed by atoms with van der Waals surface area (Å²) in [6.07, 6.45) is 1.43. The van der Waals surface area contributed by atoms with Crippen LogP contribution in [0.3, 0.4) is 0 Å². The molecule has 0 aliphatic rings. The van der Waals surface area contributed by atoms with Crippen molar-refractivity contribution in [2.75, 3.05) is 7.11 Å². The number of hydrogen-bond donors (Lipinski definition) is 0. The summed E-state index contributed by atoms with van der Waals surface area (Å²) in [6.45, 7) is 0. The molecule has 0 unspecified atom stereocenters. The van der Waals surface area contributed by atoms with E-state index in [1.165, 1.54) is 17.6 Å². The van der Waals surface area contributed by atoms with Gasteiger partial charge in [-0.3, -0.25) is 4.79 Å². The van der Waals surface area contributed by atoms with Crippen LogP contribution in [0.15, 0.2) is 97.5 Å². The Morgan fingerprint density at radius 3 is 2.34 bits per heavy atom. The van der Waals surface area contributed by atoms with Crippen molar-refractivity contribution >= 4 is 33.3 Å². The standard InChI is InChI=1S/C27H16N2O5S/c1-32-17-9-7-15(8-10-17)21-14-33-24-18(23(21)30)11-12-22-19(24)13-20(27(31)34-22)26-29-28-25(35-26)16-5-3-2-4-6-16/h2-14H,1H3. The molecule has 7 nitrogen and oxygen atoms in total. The maximum absolute atomic E-state index is 13.3. The number of benzene rings is 3. The molecule has 3 aromatic carbocycles. The number of nitrogens with zero attached hydrogens (tertiary/aromatic N) is 2. The smallest absolute Gasteiger partial charge is 0.346 e. The Kier molecular flexibility index (Phi) is 5.00. The fourth-order valence-electron chi connectivity index (χ4n) is 3.94. The van der Waals surface area contributed by atoms with Gasteiger partial charge in [-0.25, -0.2) is 4.79 Å². The molecule has 6 rings (SSSR count). The zero-order valence-electron chi connectivity index (χ0n) is 18.3. The average molecular weight is 481 g/mol. The third kappa shape index (κ3) is 3.60. The zero-order chi connectivity index (χ0) is 23.9. The van der Waals surface area contributed by atoms with Crippen molar-refractivity contribution in [2.45, 2.75) is 0 Å². The van der Waals surface area contributed by atoms with Gasteiger partial charge < -0.3 is 13.6 Å². The van der Waals surface area contributed by atoms with E-state index in [2.05, 4.69) is 10.2 Å². The van der Waals surface area contributed by atoms with Gasteiger partial charge in [0.15, 0.2) is 5.01 Å². The van der Waals surface area contributed by atoms with Crippen LogP contribution in [0, 0.1) is 0 Å². The Hall–Kier alpha value is -4.56. The first-order chi connectivity index (χ1) is 17.1. The van der Waals surface area contributed by atoms with Gasteiger partial charge in [-0.15, -0.1) is 10.2 Å². The van der Waals surface area contributed by atoms with E-state index in [0.717, 1.165) is 5.56 Å². The first-order valence-corrected chi connectivity index (χ1v) is 11.5. The van der Waals surface area contributed by atoms with E-state index < -0.39 is 5.63 Å². The van der Waals surface area contributed by atoms with E-state index in [-0.39, 0.29) is 11.0 Å². The van der Waals surface area contributed by atoms with E-state index in [1.807, 2.05) is 30.3 Å². The lowest BCUT2D eigenvalue weighted by molar-refractivity contribution is 0.415. The largest absolute Gasteiger partial charge is 0.497 e. The van der Waals surface area contributed by atoms with Crippen LogP contribution < -0.4 is 15.8 Å². The number of fused-ring (bicyclic) bond motifs is 3. The lowest BCUT2D eigenvalue weighted by atomic mass is 10.0. The van der Waals surface area contributed by atoms with Crippen LogP contribution in [0.5, 0.6) is 5.75 Å². The fourth-order valence-corrected chi connectivity index (χ4v) is 4.79. The summed E-state index contributed by atoms with van der Waals surface area (Å²) in [6, 6.07) is 21.6. The maximum Gasteiger partial charge on any atom is 0.346 e. The zero-order valence-corrected chi connectivity index (χ0v) is 19.2. The van der Waals surface area contributed by atoms with E-state index in [4.69, 9.17) is 13.6 Å². The molecule has 3 heterocycles. The molecule has 0 aliphatic carbocycles. The van der Waals surface area contributed by atoms with Gasteiger partial charge in [-0.2, -0.15) is 0 Å². The van der Waals surface area contributed by atoms with Crippen molar-refractivity contribution in [1.82, 2.24) is 10.2 Å². The molecule has 0 radical (unpaired) electrons. The number of hydrogen-bond acceptors (Lipinski definition) is 8. The molecular formula is C27H16N2O5S. The van der Waals surface area contributed by atoms with Crippen molar-refractivity contribution < 1.29 is 13.6 Å². The topological polar surface area (TPSA) is 95.4 Å². The monoisotopic (exact) mass is 480 g/mol. The summed E-state index contributed by atoms with van der Waals surface area (Å²) >= 11 is 1.29. The van der Waals surface area contributed by atoms with Crippen LogP contribution in [0.4, 0.5) is 0 Å². The molecule has 35 heavy (non-hydrogen) atoms. The minimum Gasteiger partial charge on any atom is -0.497 e. The Bertz CT molecular complexity index is 1820. The number of aromatic nitrogens is 2. The lowest BCUT2D eigenvalue weighted by Gasteiger charge is -2.06. The first-order valence-electron chi connectivity index (χ1n) is 10.7. The molecule has 0 fully saturated rings. The predicted molar refractivity (Wildman–Crippen MR) is 135 cm³/mol.